The zero-order chi connectivity index (χ0) is 21.0. The Bertz CT molecular complexity index is 1110. The minimum Gasteiger partial charge on any atom is -0.452 e. The normalized spacial score (nSPS) is 10.4. The SMILES string of the molecule is Cc1ccc(NC(=O)NC(=O)COC(=O)c2cc(Cl)nc3ccccc23)c(C)c1. The van der Waals surface area contributed by atoms with E-state index in [1.807, 2.05) is 26.0 Å². The monoisotopic (exact) mass is 411 g/mol. The predicted molar refractivity (Wildman–Crippen MR) is 110 cm³/mol. The lowest BCUT2D eigenvalue weighted by Gasteiger charge is -2.10. The third kappa shape index (κ3) is 5.08. The van der Waals surface area contributed by atoms with Crippen LogP contribution in [0.5, 0.6) is 0 Å². The van der Waals surface area contributed by atoms with Crippen LogP contribution in [0.1, 0.15) is 21.5 Å². The number of carbonyl (C=O) groups excluding carboxylic acids is 3. The van der Waals surface area contributed by atoms with Crippen molar-refractivity contribution in [2.24, 2.45) is 0 Å². The van der Waals surface area contributed by atoms with Gasteiger partial charge in [0.2, 0.25) is 0 Å². The Labute approximate surface area is 172 Å². The van der Waals surface area contributed by atoms with Crippen molar-refractivity contribution in [3.8, 4) is 0 Å². The van der Waals surface area contributed by atoms with E-state index in [-0.39, 0.29) is 10.7 Å². The highest BCUT2D eigenvalue weighted by Gasteiger charge is 2.16. The van der Waals surface area contributed by atoms with Crippen LogP contribution in [0, 0.1) is 13.8 Å². The fourth-order valence-corrected chi connectivity index (χ4v) is 2.99. The number of urea groups is 1. The summed E-state index contributed by atoms with van der Waals surface area (Å²) in [6, 6.07) is 13.1. The number of imide groups is 1. The van der Waals surface area contributed by atoms with E-state index >= 15 is 0 Å². The first-order valence-electron chi connectivity index (χ1n) is 8.74. The molecule has 0 fully saturated rings. The molecule has 3 rings (SSSR count). The molecule has 0 saturated carbocycles. The highest BCUT2D eigenvalue weighted by Crippen LogP contribution is 2.21. The fraction of sp³-hybridized carbons (Fsp3) is 0.143. The van der Waals surface area contributed by atoms with Crippen LogP contribution in [0.2, 0.25) is 5.15 Å². The summed E-state index contributed by atoms with van der Waals surface area (Å²) in [5.74, 6) is -1.50. The molecule has 2 aromatic carbocycles. The number of esters is 1. The Morgan fingerprint density at radius 1 is 1.07 bits per heavy atom. The summed E-state index contributed by atoms with van der Waals surface area (Å²) in [4.78, 5) is 40.5. The molecule has 0 unspecified atom stereocenters. The standard InChI is InChI=1S/C21H18ClN3O4/c1-12-7-8-16(13(2)9-12)24-21(28)25-19(26)11-29-20(27)15-10-18(22)23-17-6-4-3-5-14(15)17/h3-10H,11H2,1-2H3,(H2,24,25,26,28). The first-order valence-corrected chi connectivity index (χ1v) is 9.12. The van der Waals surface area contributed by atoms with Gasteiger partial charge in [0.15, 0.2) is 6.61 Å². The van der Waals surface area contributed by atoms with Gasteiger partial charge in [-0.15, -0.1) is 0 Å². The van der Waals surface area contributed by atoms with Crippen LogP contribution in [0.25, 0.3) is 10.9 Å². The molecule has 3 aromatic rings. The van der Waals surface area contributed by atoms with E-state index in [9.17, 15) is 14.4 Å². The number of nitrogens with zero attached hydrogens (tertiary/aromatic N) is 1. The summed E-state index contributed by atoms with van der Waals surface area (Å²) in [5.41, 5.74) is 3.22. The van der Waals surface area contributed by atoms with Crippen LogP contribution in [0.4, 0.5) is 10.5 Å². The molecule has 148 valence electrons. The van der Waals surface area contributed by atoms with Crippen molar-refractivity contribution in [3.05, 3.63) is 70.4 Å². The van der Waals surface area contributed by atoms with Crippen LogP contribution in [-0.4, -0.2) is 29.5 Å². The molecule has 3 amide bonds. The number of halogens is 1. The second-order valence-corrected chi connectivity index (χ2v) is 6.79. The van der Waals surface area contributed by atoms with Crippen molar-refractivity contribution in [1.29, 1.82) is 0 Å². The number of aromatic nitrogens is 1. The van der Waals surface area contributed by atoms with Crippen molar-refractivity contribution in [2.45, 2.75) is 13.8 Å². The number of hydrogen-bond acceptors (Lipinski definition) is 5. The van der Waals surface area contributed by atoms with Crippen LogP contribution >= 0.6 is 11.6 Å². The lowest BCUT2D eigenvalue weighted by Crippen LogP contribution is -2.37. The van der Waals surface area contributed by atoms with Crippen molar-refractivity contribution >= 4 is 46.1 Å². The van der Waals surface area contributed by atoms with Gasteiger partial charge in [0.1, 0.15) is 5.15 Å². The number of amides is 3. The van der Waals surface area contributed by atoms with Gasteiger partial charge in [0, 0.05) is 11.1 Å². The Hall–Kier alpha value is -3.45. The molecule has 7 nitrogen and oxygen atoms in total. The van der Waals surface area contributed by atoms with Gasteiger partial charge in [-0.1, -0.05) is 47.5 Å². The molecule has 0 atom stereocenters. The largest absolute Gasteiger partial charge is 0.452 e. The number of fused-ring (bicyclic) bond motifs is 1. The van der Waals surface area contributed by atoms with E-state index in [0.29, 0.717) is 16.6 Å². The second-order valence-electron chi connectivity index (χ2n) is 6.41. The average Bonchev–Trinajstić information content (AvgIpc) is 2.67. The molecule has 0 bridgehead atoms. The molecule has 0 spiro atoms. The topological polar surface area (TPSA) is 97.4 Å². The van der Waals surface area contributed by atoms with Crippen LogP contribution in [0.3, 0.4) is 0 Å². The Balaban J connectivity index is 1.59. The quantitative estimate of drug-likeness (QED) is 0.499. The highest BCUT2D eigenvalue weighted by atomic mass is 35.5. The number of pyridine rings is 1. The molecule has 0 aliphatic heterocycles. The average molecular weight is 412 g/mol. The Morgan fingerprint density at radius 3 is 2.59 bits per heavy atom. The summed E-state index contributed by atoms with van der Waals surface area (Å²) in [7, 11) is 0. The highest BCUT2D eigenvalue weighted by molar-refractivity contribution is 6.30. The predicted octanol–water partition coefficient (Wildman–Crippen LogP) is 4.01. The third-order valence-corrected chi connectivity index (χ3v) is 4.32. The number of nitrogens with one attached hydrogen (secondary N) is 2. The van der Waals surface area contributed by atoms with Crippen molar-refractivity contribution < 1.29 is 19.1 Å². The van der Waals surface area contributed by atoms with Crippen molar-refractivity contribution in [1.82, 2.24) is 10.3 Å². The van der Waals surface area contributed by atoms with Gasteiger partial charge in [0.05, 0.1) is 11.1 Å². The minimum absolute atomic E-state index is 0.132. The van der Waals surface area contributed by atoms with Crippen LogP contribution in [-0.2, 0) is 9.53 Å². The number of ether oxygens (including phenoxy) is 1. The number of hydrogen-bond donors (Lipinski definition) is 2. The summed E-state index contributed by atoms with van der Waals surface area (Å²) in [6.45, 7) is 3.16. The van der Waals surface area contributed by atoms with E-state index in [1.165, 1.54) is 6.07 Å². The molecular weight excluding hydrogens is 394 g/mol. The van der Waals surface area contributed by atoms with Gasteiger partial charge in [-0.05, 0) is 37.6 Å². The lowest BCUT2D eigenvalue weighted by molar-refractivity contribution is -0.123. The zero-order valence-electron chi connectivity index (χ0n) is 15.8. The fourth-order valence-electron chi connectivity index (χ4n) is 2.79. The summed E-state index contributed by atoms with van der Waals surface area (Å²) in [5, 5.41) is 5.39. The van der Waals surface area contributed by atoms with E-state index in [0.717, 1.165) is 11.1 Å². The maximum absolute atomic E-state index is 12.4. The number of anilines is 1. The van der Waals surface area contributed by atoms with E-state index < -0.39 is 24.5 Å². The summed E-state index contributed by atoms with van der Waals surface area (Å²) >= 11 is 5.95. The van der Waals surface area contributed by atoms with Crippen LogP contribution in [0.15, 0.2) is 48.5 Å². The van der Waals surface area contributed by atoms with Gasteiger partial charge >= 0.3 is 12.0 Å². The zero-order valence-corrected chi connectivity index (χ0v) is 16.5. The van der Waals surface area contributed by atoms with E-state index in [4.69, 9.17) is 16.3 Å². The summed E-state index contributed by atoms with van der Waals surface area (Å²) < 4.78 is 5.03. The first-order chi connectivity index (χ1) is 13.8. The molecule has 1 aromatic heterocycles. The molecule has 0 aliphatic rings. The van der Waals surface area contributed by atoms with Gasteiger partial charge in [-0.25, -0.2) is 14.6 Å². The maximum Gasteiger partial charge on any atom is 0.339 e. The molecule has 8 heteroatoms. The van der Waals surface area contributed by atoms with Gasteiger partial charge in [-0.2, -0.15) is 0 Å². The van der Waals surface area contributed by atoms with E-state index in [2.05, 4.69) is 15.6 Å². The van der Waals surface area contributed by atoms with Crippen molar-refractivity contribution in [3.63, 3.8) is 0 Å². The molecule has 29 heavy (non-hydrogen) atoms. The van der Waals surface area contributed by atoms with Gasteiger partial charge in [-0.3, -0.25) is 10.1 Å². The number of para-hydroxylation sites is 1. The van der Waals surface area contributed by atoms with E-state index in [1.54, 1.807) is 30.3 Å². The molecule has 0 saturated heterocycles. The second kappa shape index (κ2) is 8.70. The number of benzene rings is 2. The van der Waals surface area contributed by atoms with Crippen molar-refractivity contribution in [2.75, 3.05) is 11.9 Å². The summed E-state index contributed by atoms with van der Waals surface area (Å²) in [6.07, 6.45) is 0. The number of rotatable bonds is 4. The molecule has 1 heterocycles. The molecule has 0 radical (unpaired) electrons. The smallest absolute Gasteiger partial charge is 0.339 e. The Morgan fingerprint density at radius 2 is 1.83 bits per heavy atom. The number of carbonyl (C=O) groups is 3. The lowest BCUT2D eigenvalue weighted by atomic mass is 10.1. The van der Waals surface area contributed by atoms with Gasteiger partial charge in [0.25, 0.3) is 5.91 Å². The molecule has 2 N–H and O–H groups in total. The van der Waals surface area contributed by atoms with Crippen LogP contribution < -0.4 is 10.6 Å². The molecular formula is C21H18ClN3O4. The third-order valence-electron chi connectivity index (χ3n) is 4.12. The first kappa shape index (κ1) is 20.3. The number of aryl methyl sites for hydroxylation is 2. The minimum atomic E-state index is -0.759. The maximum atomic E-state index is 12.4. The van der Waals surface area contributed by atoms with Gasteiger partial charge < -0.3 is 10.1 Å². The molecule has 0 aliphatic carbocycles. The Kier molecular flexibility index (Phi) is 6.09.